The van der Waals surface area contributed by atoms with Gasteiger partial charge < -0.3 is 0 Å². The second kappa shape index (κ2) is 5.21. The lowest BCUT2D eigenvalue weighted by molar-refractivity contribution is 0.317. The number of hydrogen-bond acceptors (Lipinski definition) is 0. The lowest BCUT2D eigenvalue weighted by atomic mass is 9.76. The molecule has 0 aliphatic heterocycles. The maximum absolute atomic E-state index is 6.23. The van der Waals surface area contributed by atoms with Crippen molar-refractivity contribution in [1.82, 2.24) is 0 Å². The van der Waals surface area contributed by atoms with Crippen molar-refractivity contribution >= 4 is 11.6 Å². The van der Waals surface area contributed by atoms with Crippen molar-refractivity contribution in [1.29, 1.82) is 0 Å². The van der Waals surface area contributed by atoms with E-state index < -0.39 is 0 Å². The van der Waals surface area contributed by atoms with Crippen LogP contribution in [-0.2, 0) is 0 Å². The predicted octanol–water partition coefficient (Wildman–Crippen LogP) is 4.92. The zero-order chi connectivity index (χ0) is 10.6. The molecule has 1 atom stereocenters. The third-order valence-corrected chi connectivity index (χ3v) is 3.25. The minimum Gasteiger partial charge on any atom is -0.118 e. The first-order chi connectivity index (χ1) is 6.53. The smallest absolute Gasteiger partial charge is 0.0523 e. The van der Waals surface area contributed by atoms with Gasteiger partial charge in [0.15, 0.2) is 0 Å². The Morgan fingerprint density at radius 1 is 1.43 bits per heavy atom. The van der Waals surface area contributed by atoms with Gasteiger partial charge in [-0.25, -0.2) is 0 Å². The summed E-state index contributed by atoms with van der Waals surface area (Å²) in [6.07, 6.45) is 9.93. The van der Waals surface area contributed by atoms with E-state index in [0.717, 1.165) is 6.42 Å². The molecule has 0 aromatic heterocycles. The van der Waals surface area contributed by atoms with Crippen molar-refractivity contribution in [3.8, 4) is 0 Å². The van der Waals surface area contributed by atoms with Crippen molar-refractivity contribution in [3.05, 3.63) is 11.6 Å². The fourth-order valence-electron chi connectivity index (χ4n) is 2.36. The normalized spacial score (nSPS) is 26.0. The molecule has 0 radical (unpaired) electrons. The Kier molecular flexibility index (Phi) is 4.50. The Bertz CT molecular complexity index is 203. The van der Waals surface area contributed by atoms with E-state index in [1.54, 1.807) is 5.57 Å². The fraction of sp³-hybridized carbons (Fsp3) is 0.846. The Hall–Kier alpha value is 0.0300. The quantitative estimate of drug-likeness (QED) is 0.354. The van der Waals surface area contributed by atoms with Gasteiger partial charge in [-0.2, -0.15) is 0 Å². The molecule has 14 heavy (non-hydrogen) atoms. The maximum atomic E-state index is 6.23. The van der Waals surface area contributed by atoms with Gasteiger partial charge >= 0.3 is 0 Å². The van der Waals surface area contributed by atoms with Crippen molar-refractivity contribution in [2.24, 2.45) is 5.41 Å². The molecule has 0 amide bonds. The molecule has 0 nitrogen and oxygen atoms in total. The zero-order valence-corrected chi connectivity index (χ0v) is 10.5. The maximum Gasteiger partial charge on any atom is 0.0523 e. The molecule has 0 heterocycles. The van der Waals surface area contributed by atoms with Crippen LogP contribution in [0.15, 0.2) is 11.6 Å². The Morgan fingerprint density at radius 3 is 2.71 bits per heavy atom. The van der Waals surface area contributed by atoms with Gasteiger partial charge in [0.1, 0.15) is 0 Å². The number of halogens is 1. The highest BCUT2D eigenvalue weighted by molar-refractivity contribution is 6.21. The molecule has 1 unspecified atom stereocenters. The first-order valence-corrected chi connectivity index (χ1v) is 6.31. The van der Waals surface area contributed by atoms with Gasteiger partial charge in [-0.1, -0.05) is 45.3 Å². The van der Waals surface area contributed by atoms with E-state index in [9.17, 15) is 0 Å². The van der Waals surface area contributed by atoms with Crippen molar-refractivity contribution < 1.29 is 0 Å². The summed E-state index contributed by atoms with van der Waals surface area (Å²) >= 11 is 6.23. The molecular formula is C13H23Cl. The highest BCUT2D eigenvalue weighted by Gasteiger charge is 2.26. The van der Waals surface area contributed by atoms with Crippen LogP contribution in [0.3, 0.4) is 0 Å². The van der Waals surface area contributed by atoms with Crippen LogP contribution < -0.4 is 0 Å². The molecule has 1 heteroatoms. The number of allylic oxidation sites excluding steroid dienone is 2. The molecule has 0 saturated heterocycles. The highest BCUT2D eigenvalue weighted by Crippen LogP contribution is 2.38. The molecule has 0 bridgehead atoms. The Labute approximate surface area is 93.7 Å². The van der Waals surface area contributed by atoms with E-state index in [4.69, 9.17) is 11.6 Å². The fourth-order valence-corrected chi connectivity index (χ4v) is 2.96. The molecule has 0 spiro atoms. The van der Waals surface area contributed by atoms with E-state index in [0.29, 0.717) is 5.41 Å². The molecule has 82 valence electrons. The lowest BCUT2D eigenvalue weighted by Crippen LogP contribution is -2.22. The number of rotatable bonds is 4. The summed E-state index contributed by atoms with van der Waals surface area (Å²) in [5.41, 5.74) is 2.01. The van der Waals surface area contributed by atoms with Crippen molar-refractivity contribution in [2.45, 2.75) is 64.7 Å². The standard InChI is InChI=1S/C13H23Cl/c1-4-5-6-7-11-8-12(14)10-13(2,3)9-11/h8,12H,4-7,9-10H2,1-3H3. The molecule has 0 N–H and O–H groups in total. The molecule has 1 aliphatic rings. The summed E-state index contributed by atoms with van der Waals surface area (Å²) in [7, 11) is 0. The van der Waals surface area contributed by atoms with Gasteiger partial charge in [-0.15, -0.1) is 11.6 Å². The lowest BCUT2D eigenvalue weighted by Gasteiger charge is -2.32. The van der Waals surface area contributed by atoms with Gasteiger partial charge in [-0.3, -0.25) is 0 Å². The second-order valence-corrected chi connectivity index (χ2v) is 5.90. The summed E-state index contributed by atoms with van der Waals surface area (Å²) in [4.78, 5) is 0. The third-order valence-electron chi connectivity index (χ3n) is 2.97. The van der Waals surface area contributed by atoms with Gasteiger partial charge in [0.2, 0.25) is 0 Å². The van der Waals surface area contributed by atoms with Crippen LogP contribution in [0.5, 0.6) is 0 Å². The van der Waals surface area contributed by atoms with Crippen LogP contribution in [0.1, 0.15) is 59.3 Å². The predicted molar refractivity (Wildman–Crippen MR) is 64.9 cm³/mol. The molecule has 0 aromatic carbocycles. The number of unbranched alkanes of at least 4 members (excludes halogenated alkanes) is 2. The molecule has 0 aromatic rings. The van der Waals surface area contributed by atoms with Crippen LogP contribution in [0, 0.1) is 5.41 Å². The minimum atomic E-state index is 0.273. The van der Waals surface area contributed by atoms with Gasteiger partial charge in [0, 0.05) is 0 Å². The largest absolute Gasteiger partial charge is 0.118 e. The number of alkyl halides is 1. The van der Waals surface area contributed by atoms with E-state index >= 15 is 0 Å². The molecule has 1 rings (SSSR count). The average Bonchev–Trinajstić information content (AvgIpc) is 2.00. The van der Waals surface area contributed by atoms with E-state index in [1.807, 2.05) is 0 Å². The van der Waals surface area contributed by atoms with Crippen molar-refractivity contribution in [3.63, 3.8) is 0 Å². The second-order valence-electron chi connectivity index (χ2n) is 5.34. The first kappa shape index (κ1) is 12.1. The van der Waals surface area contributed by atoms with Crippen LogP contribution in [0.4, 0.5) is 0 Å². The SMILES string of the molecule is CCCCCC1=CC(Cl)CC(C)(C)C1. The molecule has 1 aliphatic carbocycles. The summed E-state index contributed by atoms with van der Waals surface area (Å²) in [6, 6.07) is 0. The Morgan fingerprint density at radius 2 is 2.14 bits per heavy atom. The van der Waals surface area contributed by atoms with Gasteiger partial charge in [0.25, 0.3) is 0 Å². The first-order valence-electron chi connectivity index (χ1n) is 5.87. The van der Waals surface area contributed by atoms with Crippen LogP contribution >= 0.6 is 11.6 Å². The average molecular weight is 215 g/mol. The summed E-state index contributed by atoms with van der Waals surface area (Å²) in [5.74, 6) is 0. The third kappa shape index (κ3) is 4.04. The summed E-state index contributed by atoms with van der Waals surface area (Å²) in [6.45, 7) is 6.91. The summed E-state index contributed by atoms with van der Waals surface area (Å²) < 4.78 is 0. The van der Waals surface area contributed by atoms with Crippen LogP contribution in [0.25, 0.3) is 0 Å². The molecule has 0 saturated carbocycles. The highest BCUT2D eigenvalue weighted by atomic mass is 35.5. The minimum absolute atomic E-state index is 0.273. The van der Waals surface area contributed by atoms with Crippen LogP contribution in [-0.4, -0.2) is 5.38 Å². The van der Waals surface area contributed by atoms with E-state index in [1.165, 1.54) is 32.1 Å². The topological polar surface area (TPSA) is 0 Å². The molecule has 0 fully saturated rings. The molecular weight excluding hydrogens is 192 g/mol. The van der Waals surface area contributed by atoms with E-state index in [-0.39, 0.29) is 5.38 Å². The zero-order valence-electron chi connectivity index (χ0n) is 9.78. The summed E-state index contributed by atoms with van der Waals surface area (Å²) in [5, 5.41) is 0.273. The number of hydrogen-bond donors (Lipinski definition) is 0. The van der Waals surface area contributed by atoms with E-state index in [2.05, 4.69) is 26.8 Å². The van der Waals surface area contributed by atoms with Gasteiger partial charge in [0.05, 0.1) is 5.38 Å². The van der Waals surface area contributed by atoms with Gasteiger partial charge in [-0.05, 0) is 31.1 Å². The van der Waals surface area contributed by atoms with Crippen molar-refractivity contribution in [2.75, 3.05) is 0 Å². The monoisotopic (exact) mass is 214 g/mol. The van der Waals surface area contributed by atoms with Crippen LogP contribution in [0.2, 0.25) is 0 Å². The Balaban J connectivity index is 2.43.